The molecule has 0 radical (unpaired) electrons. The van der Waals surface area contributed by atoms with Crippen LogP contribution in [0.15, 0.2) is 0 Å². The molecule has 1 rings (SSSR count). The first-order chi connectivity index (χ1) is 13.0. The molecule has 10 nitrogen and oxygen atoms in total. The van der Waals surface area contributed by atoms with Crippen LogP contribution in [-0.2, 0) is 19.2 Å². The lowest BCUT2D eigenvalue weighted by atomic mass is 9.97. The van der Waals surface area contributed by atoms with Crippen molar-refractivity contribution in [2.75, 3.05) is 6.54 Å². The van der Waals surface area contributed by atoms with Crippen LogP contribution in [0.4, 0.5) is 0 Å². The molecule has 1 aliphatic rings. The van der Waals surface area contributed by atoms with Crippen LogP contribution >= 0.6 is 0 Å². The zero-order valence-corrected chi connectivity index (χ0v) is 16.8. The first-order valence-electron chi connectivity index (χ1n) is 9.58. The van der Waals surface area contributed by atoms with Crippen molar-refractivity contribution in [3.05, 3.63) is 0 Å². The second-order valence-electron chi connectivity index (χ2n) is 7.42. The van der Waals surface area contributed by atoms with Crippen LogP contribution < -0.4 is 16.4 Å². The maximum Gasteiger partial charge on any atom is 0.328 e. The molecule has 1 saturated heterocycles. The van der Waals surface area contributed by atoms with Crippen LogP contribution in [0.3, 0.4) is 0 Å². The number of carbonyl (C=O) groups excluding carboxylic acids is 3. The summed E-state index contributed by atoms with van der Waals surface area (Å²) in [5.74, 6) is -3.16. The Bertz CT molecular complexity index is 595. The van der Waals surface area contributed by atoms with Gasteiger partial charge >= 0.3 is 5.97 Å². The van der Waals surface area contributed by atoms with Crippen LogP contribution in [0.2, 0.25) is 0 Å². The van der Waals surface area contributed by atoms with Gasteiger partial charge in [-0.2, -0.15) is 0 Å². The summed E-state index contributed by atoms with van der Waals surface area (Å²) in [6.07, 6.45) is 0.367. The molecule has 0 aliphatic carbocycles. The van der Waals surface area contributed by atoms with Gasteiger partial charge in [0.05, 0.1) is 12.1 Å². The monoisotopic (exact) mass is 400 g/mol. The van der Waals surface area contributed by atoms with Crippen LogP contribution in [-0.4, -0.2) is 75.6 Å². The fourth-order valence-corrected chi connectivity index (χ4v) is 3.15. The summed E-state index contributed by atoms with van der Waals surface area (Å²) in [7, 11) is 0. The number of hydrogen-bond donors (Lipinski definition) is 5. The van der Waals surface area contributed by atoms with Gasteiger partial charge in [0.15, 0.2) is 6.04 Å². The van der Waals surface area contributed by atoms with Gasteiger partial charge in [-0.3, -0.25) is 14.4 Å². The predicted molar refractivity (Wildman–Crippen MR) is 101 cm³/mol. The normalized spacial score (nSPS) is 21.9. The Hall–Kier alpha value is -2.20. The second-order valence-corrected chi connectivity index (χ2v) is 7.42. The van der Waals surface area contributed by atoms with Gasteiger partial charge in [0.2, 0.25) is 17.7 Å². The van der Waals surface area contributed by atoms with Crippen LogP contribution in [0.1, 0.15) is 47.0 Å². The van der Waals surface area contributed by atoms with Crippen LogP contribution in [0.25, 0.3) is 0 Å². The highest BCUT2D eigenvalue weighted by atomic mass is 16.4. The summed E-state index contributed by atoms with van der Waals surface area (Å²) in [6, 6.07) is -3.93. The highest BCUT2D eigenvalue weighted by Crippen LogP contribution is 2.19. The summed E-state index contributed by atoms with van der Waals surface area (Å²) in [6.45, 7) is 6.81. The van der Waals surface area contributed by atoms with Crippen molar-refractivity contribution < 1.29 is 29.4 Å². The molecule has 28 heavy (non-hydrogen) atoms. The van der Waals surface area contributed by atoms with E-state index in [4.69, 9.17) is 10.8 Å². The highest BCUT2D eigenvalue weighted by molar-refractivity contribution is 5.94. The molecule has 6 N–H and O–H groups in total. The number of amides is 3. The van der Waals surface area contributed by atoms with Gasteiger partial charge in [-0.05, 0) is 32.6 Å². The lowest BCUT2D eigenvalue weighted by molar-refractivity contribution is -0.146. The Morgan fingerprint density at radius 2 is 1.75 bits per heavy atom. The minimum Gasteiger partial charge on any atom is -0.480 e. The Balaban J connectivity index is 2.93. The average molecular weight is 400 g/mol. The number of carboxylic acids is 1. The van der Waals surface area contributed by atoms with E-state index in [0.717, 1.165) is 0 Å². The second kappa shape index (κ2) is 10.4. The lowest BCUT2D eigenvalue weighted by Crippen LogP contribution is -2.59. The molecule has 0 bridgehead atoms. The molecular weight excluding hydrogens is 368 g/mol. The molecule has 0 aromatic rings. The third kappa shape index (κ3) is 5.90. The number of aliphatic hydroxyl groups excluding tert-OH is 1. The number of nitrogens with two attached hydrogens (primary N) is 1. The minimum absolute atomic E-state index is 0.286. The van der Waals surface area contributed by atoms with Crippen molar-refractivity contribution in [1.82, 2.24) is 15.5 Å². The van der Waals surface area contributed by atoms with E-state index in [0.29, 0.717) is 25.8 Å². The predicted octanol–water partition coefficient (Wildman–Crippen LogP) is -1.19. The number of aliphatic hydroxyl groups is 1. The van der Waals surface area contributed by atoms with Crippen LogP contribution in [0, 0.1) is 5.92 Å². The first-order valence-corrected chi connectivity index (χ1v) is 9.58. The van der Waals surface area contributed by atoms with Gasteiger partial charge in [-0.15, -0.1) is 0 Å². The quantitative estimate of drug-likeness (QED) is 0.325. The topological polar surface area (TPSA) is 162 Å². The molecule has 0 aromatic carbocycles. The summed E-state index contributed by atoms with van der Waals surface area (Å²) < 4.78 is 0. The SMILES string of the molecule is CCC(C)C(NC(=O)C1CCCN1C(=O)C(C)N)C(=O)NC(C(=O)O)C(C)O. The first kappa shape index (κ1) is 23.8. The van der Waals surface area contributed by atoms with Gasteiger partial charge < -0.3 is 31.5 Å². The number of carbonyl (C=O) groups is 4. The third-order valence-corrected chi connectivity index (χ3v) is 5.07. The third-order valence-electron chi connectivity index (χ3n) is 5.07. The zero-order valence-electron chi connectivity index (χ0n) is 16.8. The lowest BCUT2D eigenvalue weighted by Gasteiger charge is -2.30. The molecule has 0 aromatic heterocycles. The molecule has 160 valence electrons. The number of aliphatic carboxylic acids is 1. The zero-order chi connectivity index (χ0) is 21.6. The highest BCUT2D eigenvalue weighted by Gasteiger charge is 2.38. The fourth-order valence-electron chi connectivity index (χ4n) is 3.15. The molecule has 3 amide bonds. The van der Waals surface area contributed by atoms with Gasteiger partial charge in [-0.1, -0.05) is 20.3 Å². The number of nitrogens with one attached hydrogen (secondary N) is 2. The maximum atomic E-state index is 12.8. The molecule has 6 unspecified atom stereocenters. The molecule has 10 heteroatoms. The van der Waals surface area contributed by atoms with Crippen molar-refractivity contribution in [3.63, 3.8) is 0 Å². The van der Waals surface area contributed by atoms with E-state index in [9.17, 15) is 24.3 Å². The van der Waals surface area contributed by atoms with E-state index >= 15 is 0 Å². The minimum atomic E-state index is -1.49. The van der Waals surface area contributed by atoms with E-state index in [1.54, 1.807) is 13.8 Å². The summed E-state index contributed by atoms with van der Waals surface area (Å²) in [5.41, 5.74) is 5.64. The standard InChI is InChI=1S/C18H32N4O6/c1-5-9(2)13(16(25)21-14(11(4)23)18(27)28)20-15(24)12-7-6-8-22(12)17(26)10(3)19/h9-14,23H,5-8,19H2,1-4H3,(H,20,24)(H,21,25)(H,27,28). The van der Waals surface area contributed by atoms with Crippen molar-refractivity contribution in [3.8, 4) is 0 Å². The van der Waals surface area contributed by atoms with Crippen LogP contribution in [0.5, 0.6) is 0 Å². The Morgan fingerprint density at radius 3 is 2.21 bits per heavy atom. The van der Waals surface area contributed by atoms with Crippen molar-refractivity contribution in [1.29, 1.82) is 0 Å². The molecule has 1 heterocycles. The summed E-state index contributed by atoms with van der Waals surface area (Å²) in [4.78, 5) is 50.3. The van der Waals surface area contributed by atoms with Crippen molar-refractivity contribution in [2.24, 2.45) is 11.7 Å². The number of likely N-dealkylation sites (tertiary alicyclic amines) is 1. The molecule has 0 spiro atoms. The number of hydrogen-bond acceptors (Lipinski definition) is 6. The number of nitrogens with zero attached hydrogens (tertiary/aromatic N) is 1. The Morgan fingerprint density at radius 1 is 1.14 bits per heavy atom. The molecule has 0 saturated carbocycles. The average Bonchev–Trinajstić information content (AvgIpc) is 3.11. The van der Waals surface area contributed by atoms with Gasteiger partial charge in [0, 0.05) is 6.54 Å². The fraction of sp³-hybridized carbons (Fsp3) is 0.778. The van der Waals surface area contributed by atoms with Crippen molar-refractivity contribution in [2.45, 2.75) is 77.2 Å². The van der Waals surface area contributed by atoms with E-state index < -0.39 is 48.1 Å². The molecule has 1 aliphatic heterocycles. The Labute approximate surface area is 164 Å². The Kier molecular flexibility index (Phi) is 8.83. The van der Waals surface area contributed by atoms with Gasteiger partial charge in [0.25, 0.3) is 0 Å². The summed E-state index contributed by atoms with van der Waals surface area (Å²) >= 11 is 0. The number of carboxylic acid groups (broad SMARTS) is 1. The largest absolute Gasteiger partial charge is 0.480 e. The van der Waals surface area contributed by atoms with Crippen molar-refractivity contribution >= 4 is 23.7 Å². The molecule has 6 atom stereocenters. The maximum absolute atomic E-state index is 12.8. The molecular formula is C18H32N4O6. The summed E-state index contributed by atoms with van der Waals surface area (Å²) in [5, 5.41) is 23.7. The van der Waals surface area contributed by atoms with E-state index in [1.165, 1.54) is 11.8 Å². The smallest absolute Gasteiger partial charge is 0.328 e. The van der Waals surface area contributed by atoms with E-state index in [2.05, 4.69) is 10.6 Å². The van der Waals surface area contributed by atoms with Gasteiger partial charge in [0.1, 0.15) is 12.1 Å². The molecule has 1 fully saturated rings. The van der Waals surface area contributed by atoms with Gasteiger partial charge in [-0.25, -0.2) is 4.79 Å². The van der Waals surface area contributed by atoms with E-state index in [1.807, 2.05) is 6.92 Å². The number of rotatable bonds is 9. The van der Waals surface area contributed by atoms with E-state index in [-0.39, 0.29) is 11.8 Å².